The minimum Gasteiger partial charge on any atom is -0.386 e. The van der Waals surface area contributed by atoms with Crippen LogP contribution in [-0.2, 0) is 5.41 Å². The maximum absolute atomic E-state index is 13.0. The van der Waals surface area contributed by atoms with Crippen LogP contribution >= 0.6 is 0 Å². The quantitative estimate of drug-likeness (QED) is 0.914. The first-order valence-electron chi connectivity index (χ1n) is 6.57. The van der Waals surface area contributed by atoms with Crippen LogP contribution in [-0.4, -0.2) is 10.1 Å². The van der Waals surface area contributed by atoms with Gasteiger partial charge in [-0.15, -0.1) is 0 Å². The highest BCUT2D eigenvalue weighted by Crippen LogP contribution is 2.51. The molecule has 0 aliphatic heterocycles. The van der Waals surface area contributed by atoms with E-state index in [1.54, 1.807) is 18.3 Å². The molecular weight excluding hydrogens is 241 g/mol. The second-order valence-electron chi connectivity index (χ2n) is 5.17. The number of rotatable bonds is 3. The summed E-state index contributed by atoms with van der Waals surface area (Å²) in [5.41, 5.74) is 1.38. The van der Waals surface area contributed by atoms with Crippen molar-refractivity contribution in [2.45, 2.75) is 30.8 Å². The third-order valence-corrected chi connectivity index (χ3v) is 4.16. The molecule has 0 bridgehead atoms. The second-order valence-corrected chi connectivity index (χ2v) is 5.17. The zero-order valence-electron chi connectivity index (χ0n) is 10.6. The third kappa shape index (κ3) is 2.04. The molecule has 3 heteroatoms. The minimum absolute atomic E-state index is 0.245. The standard InChI is InChI=1S/C16H16FNO/c17-13-7-5-12(6-8-13)16(9-3-10-16)15(19)14-4-1-2-11-18-14/h1-2,4-8,11,15,19H,3,9-10H2. The van der Waals surface area contributed by atoms with Crippen LogP contribution < -0.4 is 0 Å². The van der Waals surface area contributed by atoms with E-state index in [9.17, 15) is 9.50 Å². The number of aromatic nitrogens is 1. The van der Waals surface area contributed by atoms with Crippen molar-refractivity contribution in [3.63, 3.8) is 0 Å². The Morgan fingerprint density at radius 1 is 1.11 bits per heavy atom. The number of benzene rings is 1. The summed E-state index contributed by atoms with van der Waals surface area (Å²) in [6.07, 6.45) is 3.97. The Bertz CT molecular complexity index is 549. The van der Waals surface area contributed by atoms with Crippen molar-refractivity contribution in [3.8, 4) is 0 Å². The zero-order chi connectivity index (χ0) is 13.3. The van der Waals surface area contributed by atoms with Gasteiger partial charge < -0.3 is 5.11 Å². The molecule has 1 saturated carbocycles. The van der Waals surface area contributed by atoms with Crippen LogP contribution in [0.25, 0.3) is 0 Å². The number of halogens is 1. The molecule has 1 unspecified atom stereocenters. The average molecular weight is 257 g/mol. The molecule has 1 heterocycles. The van der Waals surface area contributed by atoms with Gasteiger partial charge in [-0.2, -0.15) is 0 Å². The molecule has 1 atom stereocenters. The van der Waals surface area contributed by atoms with Gasteiger partial charge in [-0.1, -0.05) is 24.6 Å². The lowest BCUT2D eigenvalue weighted by Crippen LogP contribution is -2.40. The van der Waals surface area contributed by atoms with Gasteiger partial charge in [0.05, 0.1) is 5.69 Å². The lowest BCUT2D eigenvalue weighted by atomic mass is 9.60. The van der Waals surface area contributed by atoms with Crippen molar-refractivity contribution < 1.29 is 9.50 Å². The molecule has 19 heavy (non-hydrogen) atoms. The Balaban J connectivity index is 1.97. The van der Waals surface area contributed by atoms with E-state index < -0.39 is 6.10 Å². The molecule has 1 N–H and O–H groups in total. The fourth-order valence-corrected chi connectivity index (χ4v) is 2.88. The van der Waals surface area contributed by atoms with Crippen molar-refractivity contribution in [3.05, 3.63) is 65.7 Å². The summed E-state index contributed by atoms with van der Waals surface area (Å²) in [5, 5.41) is 10.7. The van der Waals surface area contributed by atoms with Crippen molar-refractivity contribution in [2.24, 2.45) is 0 Å². The predicted molar refractivity (Wildman–Crippen MR) is 71.1 cm³/mol. The van der Waals surface area contributed by atoms with E-state index in [1.807, 2.05) is 18.2 Å². The van der Waals surface area contributed by atoms with Gasteiger partial charge in [0.25, 0.3) is 0 Å². The molecule has 1 aromatic carbocycles. The first-order valence-corrected chi connectivity index (χ1v) is 6.57. The van der Waals surface area contributed by atoms with E-state index in [0.717, 1.165) is 24.8 Å². The van der Waals surface area contributed by atoms with Gasteiger partial charge in [-0.05, 0) is 42.7 Å². The Hall–Kier alpha value is -1.74. The lowest BCUT2D eigenvalue weighted by molar-refractivity contribution is 0.0237. The SMILES string of the molecule is OC(c1ccccn1)C1(c2ccc(F)cc2)CCC1. The van der Waals surface area contributed by atoms with E-state index in [-0.39, 0.29) is 11.2 Å². The smallest absolute Gasteiger partial charge is 0.123 e. The highest BCUT2D eigenvalue weighted by Gasteiger charge is 2.46. The monoisotopic (exact) mass is 257 g/mol. The van der Waals surface area contributed by atoms with Gasteiger partial charge >= 0.3 is 0 Å². The molecule has 2 aromatic rings. The first-order chi connectivity index (χ1) is 9.22. The average Bonchev–Trinajstić information content (AvgIpc) is 2.40. The number of hydrogen-bond acceptors (Lipinski definition) is 2. The topological polar surface area (TPSA) is 33.1 Å². The Kier molecular flexibility index (Phi) is 3.07. The maximum atomic E-state index is 13.0. The van der Waals surface area contributed by atoms with Crippen LogP contribution in [0.2, 0.25) is 0 Å². The normalized spacial score (nSPS) is 18.6. The summed E-state index contributed by atoms with van der Waals surface area (Å²) in [6.45, 7) is 0. The van der Waals surface area contributed by atoms with Crippen LogP contribution in [0.5, 0.6) is 0 Å². The maximum Gasteiger partial charge on any atom is 0.123 e. The Morgan fingerprint density at radius 2 is 1.84 bits per heavy atom. The van der Waals surface area contributed by atoms with Crippen LogP contribution in [0.1, 0.15) is 36.6 Å². The molecule has 0 amide bonds. The molecule has 1 fully saturated rings. The van der Waals surface area contributed by atoms with Gasteiger partial charge in [0.1, 0.15) is 11.9 Å². The van der Waals surface area contributed by atoms with Gasteiger partial charge in [-0.3, -0.25) is 4.98 Å². The molecule has 2 nitrogen and oxygen atoms in total. The van der Waals surface area contributed by atoms with E-state index in [0.29, 0.717) is 5.69 Å². The van der Waals surface area contributed by atoms with Crippen LogP contribution in [0.15, 0.2) is 48.7 Å². The van der Waals surface area contributed by atoms with Crippen molar-refractivity contribution >= 4 is 0 Å². The summed E-state index contributed by atoms with van der Waals surface area (Å²) in [5.74, 6) is -0.245. The van der Waals surface area contributed by atoms with Gasteiger partial charge in [0.15, 0.2) is 0 Å². The van der Waals surface area contributed by atoms with Crippen molar-refractivity contribution in [1.29, 1.82) is 0 Å². The fourth-order valence-electron chi connectivity index (χ4n) is 2.88. The second kappa shape index (κ2) is 4.74. The molecule has 0 spiro atoms. The predicted octanol–water partition coefficient (Wildman–Crippen LogP) is 3.38. The Labute approximate surface area is 111 Å². The van der Waals surface area contributed by atoms with Crippen LogP contribution in [0, 0.1) is 5.82 Å². The summed E-state index contributed by atoms with van der Waals surface area (Å²) in [6, 6.07) is 12.0. The minimum atomic E-state index is -0.632. The number of hydrogen-bond donors (Lipinski definition) is 1. The van der Waals surface area contributed by atoms with Gasteiger partial charge in [0.2, 0.25) is 0 Å². The summed E-state index contributed by atoms with van der Waals surface area (Å²) < 4.78 is 13.0. The lowest BCUT2D eigenvalue weighted by Gasteiger charge is -2.45. The summed E-state index contributed by atoms with van der Waals surface area (Å²) >= 11 is 0. The van der Waals surface area contributed by atoms with E-state index in [2.05, 4.69) is 4.98 Å². The van der Waals surface area contributed by atoms with Crippen LogP contribution in [0.3, 0.4) is 0 Å². The number of pyridine rings is 1. The third-order valence-electron chi connectivity index (χ3n) is 4.16. The van der Waals surface area contributed by atoms with Gasteiger partial charge in [0, 0.05) is 11.6 Å². The largest absolute Gasteiger partial charge is 0.386 e. The fraction of sp³-hybridized carbons (Fsp3) is 0.312. The zero-order valence-corrected chi connectivity index (χ0v) is 10.6. The molecule has 0 radical (unpaired) electrons. The van der Waals surface area contributed by atoms with E-state index >= 15 is 0 Å². The van der Waals surface area contributed by atoms with E-state index in [4.69, 9.17) is 0 Å². The molecule has 1 aromatic heterocycles. The number of aliphatic hydroxyl groups excluding tert-OH is 1. The molecular formula is C16H16FNO. The summed E-state index contributed by atoms with van der Waals surface area (Å²) in [4.78, 5) is 4.25. The molecule has 0 saturated heterocycles. The Morgan fingerprint density at radius 3 is 2.37 bits per heavy atom. The molecule has 1 aliphatic rings. The van der Waals surface area contributed by atoms with Crippen molar-refractivity contribution in [1.82, 2.24) is 4.98 Å². The van der Waals surface area contributed by atoms with Gasteiger partial charge in [-0.25, -0.2) is 4.39 Å². The number of aliphatic hydroxyl groups is 1. The van der Waals surface area contributed by atoms with Crippen molar-refractivity contribution in [2.75, 3.05) is 0 Å². The first kappa shape index (κ1) is 12.3. The van der Waals surface area contributed by atoms with Crippen LogP contribution in [0.4, 0.5) is 4.39 Å². The highest BCUT2D eigenvalue weighted by atomic mass is 19.1. The highest BCUT2D eigenvalue weighted by molar-refractivity contribution is 5.32. The van der Waals surface area contributed by atoms with E-state index in [1.165, 1.54) is 12.1 Å². The number of nitrogens with zero attached hydrogens (tertiary/aromatic N) is 1. The molecule has 98 valence electrons. The summed E-state index contributed by atoms with van der Waals surface area (Å²) in [7, 11) is 0. The molecule has 1 aliphatic carbocycles. The molecule has 3 rings (SSSR count).